The number of carbonyl (C=O) groups is 2. The van der Waals surface area contributed by atoms with Gasteiger partial charge in [0, 0.05) is 0 Å². The van der Waals surface area contributed by atoms with Crippen LogP contribution >= 0.6 is 0 Å². The maximum Gasteiger partial charge on any atom is 0.328 e. The quantitative estimate of drug-likeness (QED) is 0.875. The SMILES string of the molecule is COC(=O)[C@H](NC(=O)c1cnn(-c2ccccc2)c1C)C(C)(C)C. The summed E-state index contributed by atoms with van der Waals surface area (Å²) in [6.07, 6.45) is 1.51. The number of amides is 1. The van der Waals surface area contributed by atoms with E-state index >= 15 is 0 Å². The van der Waals surface area contributed by atoms with Gasteiger partial charge in [0.25, 0.3) is 5.91 Å². The number of esters is 1. The summed E-state index contributed by atoms with van der Waals surface area (Å²) in [5, 5.41) is 7.04. The first-order valence-corrected chi connectivity index (χ1v) is 7.74. The van der Waals surface area contributed by atoms with Crippen molar-refractivity contribution < 1.29 is 14.3 Å². The summed E-state index contributed by atoms with van der Waals surface area (Å²) in [5.74, 6) is -0.816. The molecule has 6 heteroatoms. The number of nitrogens with one attached hydrogen (secondary N) is 1. The molecular weight excluding hydrogens is 306 g/mol. The smallest absolute Gasteiger partial charge is 0.328 e. The molecule has 0 spiro atoms. The van der Waals surface area contributed by atoms with E-state index in [4.69, 9.17) is 4.74 Å². The molecule has 1 aromatic carbocycles. The fraction of sp³-hybridized carbons (Fsp3) is 0.389. The van der Waals surface area contributed by atoms with Crippen molar-refractivity contribution in [1.82, 2.24) is 15.1 Å². The second kappa shape index (κ2) is 6.86. The summed E-state index contributed by atoms with van der Waals surface area (Å²) >= 11 is 0. The van der Waals surface area contributed by atoms with E-state index in [1.54, 1.807) is 4.68 Å². The zero-order valence-corrected chi connectivity index (χ0v) is 14.7. The third kappa shape index (κ3) is 3.64. The number of methoxy groups -OCH3 is 1. The molecular formula is C18H23N3O3. The molecule has 1 amide bonds. The second-order valence-electron chi connectivity index (χ2n) is 6.69. The molecule has 6 nitrogen and oxygen atoms in total. The Morgan fingerprint density at radius 2 is 1.83 bits per heavy atom. The van der Waals surface area contributed by atoms with E-state index < -0.39 is 17.4 Å². The van der Waals surface area contributed by atoms with Gasteiger partial charge < -0.3 is 10.1 Å². The van der Waals surface area contributed by atoms with Crippen LogP contribution in [-0.4, -0.2) is 34.8 Å². The van der Waals surface area contributed by atoms with Crippen LogP contribution in [0.5, 0.6) is 0 Å². The Labute approximate surface area is 141 Å². The molecule has 2 rings (SSSR count). The zero-order valence-electron chi connectivity index (χ0n) is 14.7. The van der Waals surface area contributed by atoms with Gasteiger partial charge in [-0.05, 0) is 24.5 Å². The lowest BCUT2D eigenvalue weighted by Crippen LogP contribution is -2.49. The van der Waals surface area contributed by atoms with E-state index in [9.17, 15) is 9.59 Å². The molecule has 0 unspecified atom stereocenters. The summed E-state index contributed by atoms with van der Waals surface area (Å²) in [6.45, 7) is 7.43. The first kappa shape index (κ1) is 17.7. The Hall–Kier alpha value is -2.63. The van der Waals surface area contributed by atoms with Crippen LogP contribution in [0, 0.1) is 12.3 Å². The Kier molecular flexibility index (Phi) is 5.07. The number of rotatable bonds is 4. The molecule has 1 heterocycles. The molecule has 0 saturated heterocycles. The molecule has 0 aliphatic rings. The summed E-state index contributed by atoms with van der Waals surface area (Å²) < 4.78 is 6.50. The third-order valence-electron chi connectivity index (χ3n) is 3.83. The average Bonchev–Trinajstić information content (AvgIpc) is 2.93. The molecule has 1 atom stereocenters. The van der Waals surface area contributed by atoms with E-state index in [0.717, 1.165) is 5.69 Å². The van der Waals surface area contributed by atoms with Gasteiger partial charge in [-0.15, -0.1) is 0 Å². The number of hydrogen-bond acceptors (Lipinski definition) is 4. The zero-order chi connectivity index (χ0) is 17.9. The molecule has 0 saturated carbocycles. The molecule has 1 aromatic heterocycles. The predicted molar refractivity (Wildman–Crippen MR) is 91.0 cm³/mol. The van der Waals surface area contributed by atoms with Crippen LogP contribution in [-0.2, 0) is 9.53 Å². The Balaban J connectivity index is 2.27. The minimum absolute atomic E-state index is 0.347. The van der Waals surface area contributed by atoms with Crippen molar-refractivity contribution >= 4 is 11.9 Å². The van der Waals surface area contributed by atoms with E-state index in [-0.39, 0.29) is 5.91 Å². The normalized spacial score (nSPS) is 12.5. The van der Waals surface area contributed by atoms with E-state index in [1.165, 1.54) is 13.3 Å². The van der Waals surface area contributed by atoms with Crippen LogP contribution in [0.4, 0.5) is 0 Å². The standard InChI is InChI=1S/C18H23N3O3/c1-12-14(11-19-21(12)13-9-7-6-8-10-13)16(22)20-15(17(23)24-5)18(2,3)4/h6-11,15H,1-5H3,(H,20,22)/t15-/m0/s1. The lowest BCUT2D eigenvalue weighted by atomic mass is 9.86. The van der Waals surface area contributed by atoms with Gasteiger partial charge in [0.2, 0.25) is 0 Å². The number of para-hydroxylation sites is 1. The Morgan fingerprint density at radius 3 is 2.38 bits per heavy atom. The highest BCUT2D eigenvalue weighted by molar-refractivity contribution is 5.97. The van der Waals surface area contributed by atoms with Gasteiger partial charge in [0.15, 0.2) is 0 Å². The number of nitrogens with zero attached hydrogens (tertiary/aromatic N) is 2. The van der Waals surface area contributed by atoms with Gasteiger partial charge >= 0.3 is 5.97 Å². The number of hydrogen-bond donors (Lipinski definition) is 1. The number of carbonyl (C=O) groups excluding carboxylic acids is 2. The first-order valence-electron chi connectivity index (χ1n) is 7.74. The molecule has 0 aliphatic heterocycles. The molecule has 0 radical (unpaired) electrons. The largest absolute Gasteiger partial charge is 0.467 e. The molecule has 2 aromatic rings. The summed E-state index contributed by atoms with van der Waals surface area (Å²) in [7, 11) is 1.31. The average molecular weight is 329 g/mol. The van der Waals surface area contributed by atoms with Crippen LogP contribution in [0.2, 0.25) is 0 Å². The summed E-state index contributed by atoms with van der Waals surface area (Å²) in [6, 6.07) is 8.81. The van der Waals surface area contributed by atoms with Crippen LogP contribution in [0.25, 0.3) is 5.69 Å². The monoisotopic (exact) mass is 329 g/mol. The lowest BCUT2D eigenvalue weighted by Gasteiger charge is -2.28. The molecule has 0 bridgehead atoms. The highest BCUT2D eigenvalue weighted by atomic mass is 16.5. The highest BCUT2D eigenvalue weighted by Crippen LogP contribution is 2.21. The molecule has 0 aliphatic carbocycles. The lowest BCUT2D eigenvalue weighted by molar-refractivity contribution is -0.145. The van der Waals surface area contributed by atoms with Crippen molar-refractivity contribution in [2.45, 2.75) is 33.7 Å². The van der Waals surface area contributed by atoms with Crippen molar-refractivity contribution in [3.63, 3.8) is 0 Å². The van der Waals surface area contributed by atoms with Crippen LogP contribution in [0.15, 0.2) is 36.5 Å². The second-order valence-corrected chi connectivity index (χ2v) is 6.69. The van der Waals surface area contributed by atoms with E-state index in [2.05, 4.69) is 10.4 Å². The van der Waals surface area contributed by atoms with E-state index in [0.29, 0.717) is 11.3 Å². The van der Waals surface area contributed by atoms with Crippen molar-refractivity contribution in [3.8, 4) is 5.69 Å². The van der Waals surface area contributed by atoms with Crippen LogP contribution in [0.1, 0.15) is 36.8 Å². The number of aromatic nitrogens is 2. The minimum Gasteiger partial charge on any atom is -0.467 e. The van der Waals surface area contributed by atoms with Gasteiger partial charge in [0.1, 0.15) is 6.04 Å². The Bertz CT molecular complexity index is 730. The van der Waals surface area contributed by atoms with Gasteiger partial charge in [-0.2, -0.15) is 5.10 Å². The molecule has 128 valence electrons. The predicted octanol–water partition coefficient (Wildman–Crippen LogP) is 2.50. The van der Waals surface area contributed by atoms with Crippen LogP contribution in [0.3, 0.4) is 0 Å². The van der Waals surface area contributed by atoms with Crippen molar-refractivity contribution in [3.05, 3.63) is 47.8 Å². The van der Waals surface area contributed by atoms with E-state index in [1.807, 2.05) is 58.0 Å². The van der Waals surface area contributed by atoms with Gasteiger partial charge in [-0.25, -0.2) is 9.48 Å². The first-order chi connectivity index (χ1) is 11.3. The van der Waals surface area contributed by atoms with Crippen molar-refractivity contribution in [1.29, 1.82) is 0 Å². The number of ether oxygens (including phenoxy) is 1. The fourth-order valence-corrected chi connectivity index (χ4v) is 2.42. The summed E-state index contributed by atoms with van der Waals surface area (Å²) in [5.41, 5.74) is 1.54. The van der Waals surface area contributed by atoms with Gasteiger partial charge in [-0.1, -0.05) is 39.0 Å². The molecule has 24 heavy (non-hydrogen) atoms. The third-order valence-corrected chi connectivity index (χ3v) is 3.83. The van der Waals surface area contributed by atoms with Gasteiger partial charge in [0.05, 0.1) is 30.3 Å². The summed E-state index contributed by atoms with van der Waals surface area (Å²) in [4.78, 5) is 24.6. The number of benzene rings is 1. The molecule has 1 N–H and O–H groups in total. The topological polar surface area (TPSA) is 73.2 Å². The van der Waals surface area contributed by atoms with Crippen LogP contribution < -0.4 is 5.32 Å². The fourth-order valence-electron chi connectivity index (χ4n) is 2.42. The Morgan fingerprint density at radius 1 is 1.21 bits per heavy atom. The van der Waals surface area contributed by atoms with Gasteiger partial charge in [-0.3, -0.25) is 4.79 Å². The highest BCUT2D eigenvalue weighted by Gasteiger charge is 2.34. The van der Waals surface area contributed by atoms with Crippen molar-refractivity contribution in [2.75, 3.05) is 7.11 Å². The minimum atomic E-state index is -0.741. The molecule has 0 fully saturated rings. The van der Waals surface area contributed by atoms with Crippen molar-refractivity contribution in [2.24, 2.45) is 5.41 Å². The maximum atomic E-state index is 12.6. The maximum absolute atomic E-state index is 12.6.